The highest BCUT2D eigenvalue weighted by Gasteiger charge is 2.16. The summed E-state index contributed by atoms with van der Waals surface area (Å²) in [7, 11) is 4.51. The molecule has 0 heterocycles. The molecular weight excluding hydrogens is 332 g/mol. The van der Waals surface area contributed by atoms with Gasteiger partial charge in [-0.25, -0.2) is 5.43 Å². The Morgan fingerprint density at radius 3 is 2.00 bits per heavy atom. The van der Waals surface area contributed by atoms with Gasteiger partial charge in [-0.1, -0.05) is 6.07 Å². The highest BCUT2D eigenvalue weighted by molar-refractivity contribution is 5.96. The Morgan fingerprint density at radius 2 is 1.46 bits per heavy atom. The van der Waals surface area contributed by atoms with Crippen LogP contribution in [0.1, 0.15) is 32.6 Å². The van der Waals surface area contributed by atoms with Gasteiger partial charge in [0.25, 0.3) is 5.91 Å². The fourth-order valence-electron chi connectivity index (χ4n) is 2.56. The second-order valence-corrected chi connectivity index (χ2v) is 5.91. The van der Waals surface area contributed by atoms with E-state index in [1.165, 1.54) is 32.5 Å². The van der Waals surface area contributed by atoms with Gasteiger partial charge in [0.15, 0.2) is 11.5 Å². The number of carbonyl (C=O) groups excluding carboxylic acids is 1. The minimum Gasteiger partial charge on any atom is -0.493 e. The van der Waals surface area contributed by atoms with Gasteiger partial charge in [0, 0.05) is 5.56 Å². The first-order valence-electron chi connectivity index (χ1n) is 8.12. The molecule has 0 spiro atoms. The lowest BCUT2D eigenvalue weighted by Gasteiger charge is -2.13. The summed E-state index contributed by atoms with van der Waals surface area (Å²) in [6.45, 7) is 6.12. The van der Waals surface area contributed by atoms with E-state index in [1.54, 1.807) is 18.3 Å². The lowest BCUT2D eigenvalue weighted by atomic mass is 10.0. The van der Waals surface area contributed by atoms with Crippen LogP contribution in [0.25, 0.3) is 0 Å². The number of hydrogen-bond acceptors (Lipinski definition) is 5. The molecule has 2 rings (SSSR count). The first-order valence-corrected chi connectivity index (χ1v) is 8.12. The van der Waals surface area contributed by atoms with Crippen molar-refractivity contribution in [2.45, 2.75) is 20.8 Å². The van der Waals surface area contributed by atoms with Gasteiger partial charge in [-0.15, -0.1) is 0 Å². The predicted molar refractivity (Wildman–Crippen MR) is 102 cm³/mol. The van der Waals surface area contributed by atoms with Gasteiger partial charge >= 0.3 is 0 Å². The van der Waals surface area contributed by atoms with E-state index in [4.69, 9.17) is 14.2 Å². The Labute approximate surface area is 153 Å². The van der Waals surface area contributed by atoms with Gasteiger partial charge in [-0.05, 0) is 61.2 Å². The molecule has 1 amide bonds. The van der Waals surface area contributed by atoms with E-state index in [0.717, 1.165) is 11.1 Å². The van der Waals surface area contributed by atoms with Crippen LogP contribution in [-0.4, -0.2) is 33.5 Å². The van der Waals surface area contributed by atoms with Crippen molar-refractivity contribution >= 4 is 12.1 Å². The fraction of sp³-hybridized carbons (Fsp3) is 0.300. The highest BCUT2D eigenvalue weighted by atomic mass is 16.5. The van der Waals surface area contributed by atoms with E-state index in [1.807, 2.05) is 19.9 Å². The van der Waals surface area contributed by atoms with Crippen molar-refractivity contribution < 1.29 is 19.0 Å². The van der Waals surface area contributed by atoms with E-state index in [9.17, 15) is 4.79 Å². The van der Waals surface area contributed by atoms with Crippen LogP contribution in [0.3, 0.4) is 0 Å². The number of hydrogen-bond donors (Lipinski definition) is 1. The van der Waals surface area contributed by atoms with Crippen LogP contribution < -0.4 is 19.6 Å². The minimum absolute atomic E-state index is 0.355. The molecule has 0 saturated heterocycles. The second-order valence-electron chi connectivity index (χ2n) is 5.91. The number of rotatable bonds is 6. The van der Waals surface area contributed by atoms with Gasteiger partial charge in [0.2, 0.25) is 5.75 Å². The van der Waals surface area contributed by atoms with Crippen molar-refractivity contribution in [2.24, 2.45) is 5.10 Å². The Bertz CT molecular complexity index is 819. The smallest absolute Gasteiger partial charge is 0.271 e. The third kappa shape index (κ3) is 4.14. The Hall–Kier alpha value is -3.02. The molecule has 138 valence electrons. The topological polar surface area (TPSA) is 69.2 Å². The summed E-state index contributed by atoms with van der Waals surface area (Å²) >= 11 is 0. The summed E-state index contributed by atoms with van der Waals surface area (Å²) in [5.74, 6) is 0.875. The monoisotopic (exact) mass is 356 g/mol. The largest absolute Gasteiger partial charge is 0.493 e. The molecule has 0 aromatic heterocycles. The van der Waals surface area contributed by atoms with E-state index in [-0.39, 0.29) is 5.91 Å². The number of nitrogens with zero attached hydrogens (tertiary/aromatic N) is 1. The van der Waals surface area contributed by atoms with E-state index < -0.39 is 0 Å². The van der Waals surface area contributed by atoms with E-state index in [2.05, 4.69) is 23.5 Å². The number of hydrazone groups is 1. The molecule has 0 atom stereocenters. The molecule has 0 saturated carbocycles. The summed E-state index contributed by atoms with van der Waals surface area (Å²) in [6.07, 6.45) is 1.64. The van der Waals surface area contributed by atoms with Crippen LogP contribution in [0.5, 0.6) is 17.2 Å². The molecule has 1 N–H and O–H groups in total. The van der Waals surface area contributed by atoms with Gasteiger partial charge < -0.3 is 14.2 Å². The molecule has 2 aromatic rings. The maximum Gasteiger partial charge on any atom is 0.271 e. The van der Waals surface area contributed by atoms with Crippen LogP contribution >= 0.6 is 0 Å². The summed E-state index contributed by atoms with van der Waals surface area (Å²) in [5, 5.41) is 4.07. The van der Waals surface area contributed by atoms with Gasteiger partial charge in [-0.3, -0.25) is 4.79 Å². The molecule has 6 nitrogen and oxygen atoms in total. The van der Waals surface area contributed by atoms with Crippen LogP contribution in [-0.2, 0) is 0 Å². The van der Waals surface area contributed by atoms with Gasteiger partial charge in [0.1, 0.15) is 0 Å². The lowest BCUT2D eigenvalue weighted by molar-refractivity contribution is 0.0954. The van der Waals surface area contributed by atoms with Crippen LogP contribution in [0.15, 0.2) is 29.4 Å². The molecule has 2 aromatic carbocycles. The molecule has 0 aliphatic carbocycles. The molecule has 6 heteroatoms. The summed E-state index contributed by atoms with van der Waals surface area (Å²) in [6, 6.07) is 7.29. The maximum absolute atomic E-state index is 12.4. The Balaban J connectivity index is 2.21. The number of carbonyl (C=O) groups is 1. The molecule has 26 heavy (non-hydrogen) atoms. The highest BCUT2D eigenvalue weighted by Crippen LogP contribution is 2.38. The van der Waals surface area contributed by atoms with E-state index >= 15 is 0 Å². The number of benzene rings is 2. The first-order chi connectivity index (χ1) is 12.4. The average Bonchev–Trinajstić information content (AvgIpc) is 2.64. The third-order valence-corrected chi connectivity index (χ3v) is 4.18. The third-order valence-electron chi connectivity index (χ3n) is 4.18. The van der Waals surface area contributed by atoms with Crippen molar-refractivity contribution in [1.82, 2.24) is 5.43 Å². The summed E-state index contributed by atoms with van der Waals surface area (Å²) < 4.78 is 15.8. The average molecular weight is 356 g/mol. The maximum atomic E-state index is 12.4. The van der Waals surface area contributed by atoms with Gasteiger partial charge in [-0.2, -0.15) is 5.10 Å². The Kier molecular flexibility index (Phi) is 6.22. The standard InChI is InChI=1S/C20H24N2O4/c1-12-7-14(3)16(8-13(12)2)11-21-22-20(23)15-9-17(24-4)19(26-6)18(10-15)25-5/h7-11H,1-6H3,(H,22,23)/b21-11-. The lowest BCUT2D eigenvalue weighted by Crippen LogP contribution is -2.18. The van der Waals surface area contributed by atoms with Crippen molar-refractivity contribution in [3.05, 3.63) is 52.1 Å². The molecule has 0 radical (unpaired) electrons. The predicted octanol–water partition coefficient (Wildman–Crippen LogP) is 3.40. The number of aryl methyl sites for hydroxylation is 3. The summed E-state index contributed by atoms with van der Waals surface area (Å²) in [4.78, 5) is 12.4. The molecule has 0 fully saturated rings. The van der Waals surface area contributed by atoms with Crippen molar-refractivity contribution in [2.75, 3.05) is 21.3 Å². The van der Waals surface area contributed by atoms with Crippen molar-refractivity contribution in [1.29, 1.82) is 0 Å². The quantitative estimate of drug-likeness (QED) is 0.636. The van der Waals surface area contributed by atoms with Crippen LogP contribution in [0.2, 0.25) is 0 Å². The molecule has 0 aliphatic heterocycles. The first kappa shape index (κ1) is 19.3. The zero-order chi connectivity index (χ0) is 19.3. The molecule has 0 aliphatic rings. The van der Waals surface area contributed by atoms with E-state index in [0.29, 0.717) is 22.8 Å². The minimum atomic E-state index is -0.373. The molecule has 0 bridgehead atoms. The van der Waals surface area contributed by atoms with Crippen LogP contribution in [0.4, 0.5) is 0 Å². The number of amides is 1. The zero-order valence-corrected chi connectivity index (χ0v) is 16.0. The summed E-state index contributed by atoms with van der Waals surface area (Å²) in [5.41, 5.74) is 7.33. The second kappa shape index (κ2) is 8.38. The molecule has 0 unspecified atom stereocenters. The number of nitrogens with one attached hydrogen (secondary N) is 1. The number of methoxy groups -OCH3 is 3. The SMILES string of the molecule is COc1cc(C(=O)N/N=C\c2cc(C)c(C)cc2C)cc(OC)c1OC. The Morgan fingerprint density at radius 1 is 0.885 bits per heavy atom. The molecular formula is C20H24N2O4. The van der Waals surface area contributed by atoms with Gasteiger partial charge in [0.05, 0.1) is 27.5 Å². The van der Waals surface area contributed by atoms with Crippen molar-refractivity contribution in [3.8, 4) is 17.2 Å². The fourth-order valence-corrected chi connectivity index (χ4v) is 2.56. The van der Waals surface area contributed by atoms with Crippen LogP contribution in [0, 0.1) is 20.8 Å². The zero-order valence-electron chi connectivity index (χ0n) is 16.0. The normalized spacial score (nSPS) is 10.7. The van der Waals surface area contributed by atoms with Crippen molar-refractivity contribution in [3.63, 3.8) is 0 Å². The number of ether oxygens (including phenoxy) is 3.